The van der Waals surface area contributed by atoms with Gasteiger partial charge in [-0.2, -0.15) is 0 Å². The number of methoxy groups -OCH3 is 1. The van der Waals surface area contributed by atoms with Gasteiger partial charge < -0.3 is 15.2 Å². The number of carbonyl (C=O) groups excluding carboxylic acids is 1. The highest BCUT2D eigenvalue weighted by Crippen LogP contribution is 2.31. The van der Waals surface area contributed by atoms with Crippen LogP contribution in [0, 0.1) is 0 Å². The minimum Gasteiger partial charge on any atom is -0.490 e. The van der Waals surface area contributed by atoms with Crippen LogP contribution in [0.15, 0.2) is 24.3 Å². The summed E-state index contributed by atoms with van der Waals surface area (Å²) in [7, 11) is 1.38. The average Bonchev–Trinajstić information content (AvgIpc) is 2.46. The third kappa shape index (κ3) is 3.76. The smallest absolute Gasteiger partial charge is 0.325 e. The third-order valence-electron chi connectivity index (χ3n) is 4.16. The normalized spacial score (nSPS) is 25.7. The third-order valence-corrected chi connectivity index (χ3v) is 4.16. The fourth-order valence-corrected chi connectivity index (χ4v) is 2.88. The highest BCUT2D eigenvalue weighted by Gasteiger charge is 2.41. The largest absolute Gasteiger partial charge is 0.490 e. The number of esters is 1. The summed E-state index contributed by atoms with van der Waals surface area (Å²) >= 11 is 0. The maximum Gasteiger partial charge on any atom is 0.325 e. The number of hydrogen-bond donors (Lipinski definition) is 1. The van der Waals surface area contributed by atoms with Crippen LogP contribution in [0.5, 0.6) is 5.75 Å². The predicted octanol–water partition coefficient (Wildman–Crippen LogP) is 3.00. The van der Waals surface area contributed by atoms with Crippen LogP contribution in [0.2, 0.25) is 0 Å². The lowest BCUT2D eigenvalue weighted by molar-refractivity contribution is -0.149. The first-order chi connectivity index (χ1) is 9.94. The molecule has 1 saturated carbocycles. The number of carbonyl (C=O) groups is 1. The van der Waals surface area contributed by atoms with Crippen molar-refractivity contribution >= 4 is 5.97 Å². The van der Waals surface area contributed by atoms with Crippen molar-refractivity contribution < 1.29 is 14.3 Å². The van der Waals surface area contributed by atoms with Gasteiger partial charge in [0.2, 0.25) is 0 Å². The van der Waals surface area contributed by atoms with Crippen LogP contribution in [0.4, 0.5) is 0 Å². The van der Waals surface area contributed by atoms with Gasteiger partial charge in [0.1, 0.15) is 17.4 Å². The Labute approximate surface area is 126 Å². The first-order valence-electron chi connectivity index (χ1n) is 7.58. The Morgan fingerprint density at radius 1 is 1.43 bits per heavy atom. The molecule has 1 aliphatic carbocycles. The van der Waals surface area contributed by atoms with E-state index in [1.54, 1.807) is 0 Å². The highest BCUT2D eigenvalue weighted by atomic mass is 16.5. The first-order valence-corrected chi connectivity index (χ1v) is 7.58. The zero-order valence-electron chi connectivity index (χ0n) is 13.1. The zero-order chi connectivity index (χ0) is 15.5. The quantitative estimate of drug-likeness (QED) is 0.866. The molecule has 4 nitrogen and oxygen atoms in total. The number of rotatable bonds is 4. The molecule has 2 rings (SSSR count). The summed E-state index contributed by atoms with van der Waals surface area (Å²) in [5, 5.41) is 0. The summed E-state index contributed by atoms with van der Waals surface area (Å²) in [4.78, 5) is 11.8. The van der Waals surface area contributed by atoms with Crippen LogP contribution in [0.1, 0.15) is 51.0 Å². The Morgan fingerprint density at radius 3 is 2.86 bits per heavy atom. The fraction of sp³-hybridized carbons (Fsp3) is 0.588. The van der Waals surface area contributed by atoms with Crippen LogP contribution < -0.4 is 10.5 Å². The summed E-state index contributed by atoms with van der Waals surface area (Å²) in [5.41, 5.74) is 6.52. The van der Waals surface area contributed by atoms with Crippen molar-refractivity contribution in [2.45, 2.75) is 57.1 Å². The van der Waals surface area contributed by atoms with Gasteiger partial charge in [-0.25, -0.2) is 0 Å². The van der Waals surface area contributed by atoms with E-state index in [1.165, 1.54) is 12.7 Å². The molecule has 0 heterocycles. The van der Waals surface area contributed by atoms with Gasteiger partial charge in [0, 0.05) is 6.42 Å². The van der Waals surface area contributed by atoms with Gasteiger partial charge in [-0.05, 0) is 42.9 Å². The second-order valence-corrected chi connectivity index (χ2v) is 6.21. The number of hydrogen-bond acceptors (Lipinski definition) is 4. The molecule has 4 heteroatoms. The van der Waals surface area contributed by atoms with Crippen molar-refractivity contribution in [3.05, 3.63) is 29.8 Å². The Kier molecular flexibility index (Phi) is 4.88. The monoisotopic (exact) mass is 291 g/mol. The standard InChI is InChI=1S/C17H25NO3/c1-12(2)13-6-4-7-14(10-13)21-15-8-5-9-17(18,11-15)16(19)20-3/h4,6-7,10,12,15H,5,8-9,11,18H2,1-3H3. The highest BCUT2D eigenvalue weighted by molar-refractivity contribution is 5.80. The lowest BCUT2D eigenvalue weighted by Gasteiger charge is -2.35. The van der Waals surface area contributed by atoms with Crippen LogP contribution >= 0.6 is 0 Å². The van der Waals surface area contributed by atoms with E-state index in [2.05, 4.69) is 26.0 Å². The Balaban J connectivity index is 2.06. The molecule has 2 N–H and O–H groups in total. The molecule has 1 aromatic rings. The lowest BCUT2D eigenvalue weighted by Crippen LogP contribution is -2.54. The Bertz CT molecular complexity index is 501. The molecule has 2 unspecified atom stereocenters. The summed E-state index contributed by atoms with van der Waals surface area (Å²) in [5.74, 6) is 0.968. The van der Waals surface area contributed by atoms with Crippen molar-refractivity contribution in [2.75, 3.05) is 7.11 Å². The van der Waals surface area contributed by atoms with Gasteiger partial charge in [0.15, 0.2) is 0 Å². The molecule has 0 bridgehead atoms. The maximum atomic E-state index is 11.8. The van der Waals surface area contributed by atoms with Crippen molar-refractivity contribution in [3.8, 4) is 5.75 Å². The molecule has 1 aliphatic rings. The molecule has 0 aliphatic heterocycles. The minimum absolute atomic E-state index is 0.0368. The van der Waals surface area contributed by atoms with Gasteiger partial charge in [0.05, 0.1) is 7.11 Å². The molecule has 21 heavy (non-hydrogen) atoms. The van der Waals surface area contributed by atoms with Crippen LogP contribution in [0.25, 0.3) is 0 Å². The summed E-state index contributed by atoms with van der Waals surface area (Å²) < 4.78 is 10.9. The van der Waals surface area contributed by atoms with Gasteiger partial charge in [-0.15, -0.1) is 0 Å². The van der Waals surface area contributed by atoms with E-state index in [-0.39, 0.29) is 12.1 Å². The number of nitrogens with two attached hydrogens (primary N) is 1. The predicted molar refractivity (Wildman–Crippen MR) is 82.3 cm³/mol. The number of ether oxygens (including phenoxy) is 2. The average molecular weight is 291 g/mol. The molecular formula is C17H25NO3. The van der Waals surface area contributed by atoms with Gasteiger partial charge in [0.25, 0.3) is 0 Å². The molecule has 2 atom stereocenters. The van der Waals surface area contributed by atoms with Crippen molar-refractivity contribution in [2.24, 2.45) is 5.73 Å². The summed E-state index contributed by atoms with van der Waals surface area (Å²) in [6.07, 6.45) is 2.92. The van der Waals surface area contributed by atoms with E-state index in [0.717, 1.165) is 18.6 Å². The van der Waals surface area contributed by atoms with Crippen LogP contribution in [-0.4, -0.2) is 24.7 Å². The van der Waals surface area contributed by atoms with Crippen LogP contribution in [-0.2, 0) is 9.53 Å². The second-order valence-electron chi connectivity index (χ2n) is 6.21. The molecular weight excluding hydrogens is 266 g/mol. The topological polar surface area (TPSA) is 61.5 Å². The van der Waals surface area contributed by atoms with E-state index in [0.29, 0.717) is 18.8 Å². The van der Waals surface area contributed by atoms with Crippen LogP contribution in [0.3, 0.4) is 0 Å². The minimum atomic E-state index is -0.909. The first kappa shape index (κ1) is 15.8. The van der Waals surface area contributed by atoms with E-state index in [4.69, 9.17) is 15.2 Å². The van der Waals surface area contributed by atoms with Crippen molar-refractivity contribution in [1.82, 2.24) is 0 Å². The molecule has 0 spiro atoms. The second kappa shape index (κ2) is 6.48. The Hall–Kier alpha value is -1.55. The molecule has 0 radical (unpaired) electrons. The van der Waals surface area contributed by atoms with E-state index in [1.807, 2.05) is 12.1 Å². The maximum absolute atomic E-state index is 11.8. The molecule has 0 aromatic heterocycles. The molecule has 0 saturated heterocycles. The van der Waals surface area contributed by atoms with Crippen molar-refractivity contribution in [1.29, 1.82) is 0 Å². The van der Waals surface area contributed by atoms with E-state index < -0.39 is 5.54 Å². The number of benzene rings is 1. The van der Waals surface area contributed by atoms with Gasteiger partial charge >= 0.3 is 5.97 Å². The molecule has 1 aromatic carbocycles. The SMILES string of the molecule is COC(=O)C1(N)CCCC(Oc2cccc(C(C)C)c2)C1. The van der Waals surface area contributed by atoms with Gasteiger partial charge in [-0.1, -0.05) is 26.0 Å². The summed E-state index contributed by atoms with van der Waals surface area (Å²) in [6, 6.07) is 8.12. The summed E-state index contributed by atoms with van der Waals surface area (Å²) in [6.45, 7) is 4.31. The molecule has 116 valence electrons. The Morgan fingerprint density at radius 2 is 2.19 bits per heavy atom. The molecule has 1 fully saturated rings. The lowest BCUT2D eigenvalue weighted by atomic mass is 9.81. The van der Waals surface area contributed by atoms with E-state index in [9.17, 15) is 4.79 Å². The van der Waals surface area contributed by atoms with E-state index >= 15 is 0 Å². The zero-order valence-corrected chi connectivity index (χ0v) is 13.1. The molecule has 0 amide bonds. The van der Waals surface area contributed by atoms with Gasteiger partial charge in [-0.3, -0.25) is 4.79 Å². The van der Waals surface area contributed by atoms with Crippen molar-refractivity contribution in [3.63, 3.8) is 0 Å². The fourth-order valence-electron chi connectivity index (χ4n) is 2.88.